The van der Waals surface area contributed by atoms with Gasteiger partial charge in [-0.1, -0.05) is 5.92 Å². The van der Waals surface area contributed by atoms with Crippen LogP contribution in [0.4, 0.5) is 0 Å². The van der Waals surface area contributed by atoms with E-state index in [-0.39, 0.29) is 5.78 Å². The van der Waals surface area contributed by atoms with E-state index in [1.54, 1.807) is 29.6 Å². The van der Waals surface area contributed by atoms with Gasteiger partial charge in [-0.05, 0) is 24.4 Å². The van der Waals surface area contributed by atoms with Crippen LogP contribution in [0.2, 0.25) is 0 Å². The standard InChI is InChI=1S/C11H8OS2/c1-2-3-4-8(12)10-7-11-9(14-10)5-6-13-11/h5-7H,4H2,1H3. The van der Waals surface area contributed by atoms with E-state index < -0.39 is 0 Å². The minimum atomic E-state index is 0.132. The van der Waals surface area contributed by atoms with Gasteiger partial charge in [0.1, 0.15) is 0 Å². The highest BCUT2D eigenvalue weighted by Crippen LogP contribution is 2.30. The van der Waals surface area contributed by atoms with E-state index >= 15 is 0 Å². The van der Waals surface area contributed by atoms with Gasteiger partial charge >= 0.3 is 0 Å². The van der Waals surface area contributed by atoms with Crippen molar-refractivity contribution in [3.63, 3.8) is 0 Å². The first-order chi connectivity index (χ1) is 6.81. The van der Waals surface area contributed by atoms with Gasteiger partial charge < -0.3 is 0 Å². The summed E-state index contributed by atoms with van der Waals surface area (Å²) in [6, 6.07) is 4.01. The highest BCUT2D eigenvalue weighted by molar-refractivity contribution is 7.27. The molecule has 0 saturated heterocycles. The summed E-state index contributed by atoms with van der Waals surface area (Å²) in [5.74, 6) is 5.66. The Labute approximate surface area is 90.4 Å². The average molecular weight is 220 g/mol. The van der Waals surface area contributed by atoms with Crippen LogP contribution in [0.3, 0.4) is 0 Å². The molecule has 3 heteroatoms. The lowest BCUT2D eigenvalue weighted by atomic mass is 10.2. The predicted octanol–water partition coefficient (Wildman–Crippen LogP) is 3.56. The van der Waals surface area contributed by atoms with Gasteiger partial charge in [0.25, 0.3) is 0 Å². The fraction of sp³-hybridized carbons (Fsp3) is 0.182. The fourth-order valence-electron chi connectivity index (χ4n) is 1.16. The number of ketones is 1. The molecule has 0 aliphatic heterocycles. The quantitative estimate of drug-likeness (QED) is 0.558. The number of hydrogen-bond acceptors (Lipinski definition) is 3. The number of carbonyl (C=O) groups excluding carboxylic acids is 1. The Morgan fingerprint density at radius 2 is 2.36 bits per heavy atom. The zero-order valence-corrected chi connectivity index (χ0v) is 9.30. The normalized spacial score (nSPS) is 9.79. The number of carbonyl (C=O) groups is 1. The second-order valence-electron chi connectivity index (χ2n) is 2.79. The monoisotopic (exact) mass is 220 g/mol. The van der Waals surface area contributed by atoms with E-state index in [0.29, 0.717) is 6.42 Å². The molecule has 0 aliphatic carbocycles. The van der Waals surface area contributed by atoms with Crippen LogP contribution in [-0.2, 0) is 0 Å². The summed E-state index contributed by atoms with van der Waals surface area (Å²) in [7, 11) is 0. The largest absolute Gasteiger partial charge is 0.292 e. The van der Waals surface area contributed by atoms with Crippen molar-refractivity contribution in [2.24, 2.45) is 0 Å². The average Bonchev–Trinajstić information content (AvgIpc) is 2.72. The first kappa shape index (κ1) is 9.45. The Hall–Kier alpha value is -1.11. The van der Waals surface area contributed by atoms with Gasteiger partial charge in [0.2, 0.25) is 0 Å². The molecule has 0 saturated carbocycles. The first-order valence-corrected chi connectivity index (χ1v) is 5.90. The molecule has 2 aromatic heterocycles. The topological polar surface area (TPSA) is 17.1 Å². The minimum Gasteiger partial charge on any atom is -0.292 e. The minimum absolute atomic E-state index is 0.132. The summed E-state index contributed by atoms with van der Waals surface area (Å²) in [5.41, 5.74) is 0. The Morgan fingerprint density at radius 3 is 3.07 bits per heavy atom. The Morgan fingerprint density at radius 1 is 1.50 bits per heavy atom. The van der Waals surface area contributed by atoms with Crippen molar-refractivity contribution in [3.8, 4) is 11.8 Å². The third-order valence-corrected chi connectivity index (χ3v) is 3.97. The van der Waals surface area contributed by atoms with Crippen molar-refractivity contribution in [3.05, 3.63) is 22.4 Å². The number of thiophene rings is 2. The van der Waals surface area contributed by atoms with Crippen molar-refractivity contribution in [1.82, 2.24) is 0 Å². The maximum absolute atomic E-state index is 11.6. The summed E-state index contributed by atoms with van der Waals surface area (Å²) in [6.07, 6.45) is 0.338. The van der Waals surface area contributed by atoms with Gasteiger partial charge in [-0.25, -0.2) is 0 Å². The Kier molecular flexibility index (Phi) is 2.67. The molecule has 0 amide bonds. The number of hydrogen-bond donors (Lipinski definition) is 0. The second-order valence-corrected chi connectivity index (χ2v) is 4.82. The van der Waals surface area contributed by atoms with Gasteiger partial charge in [0.15, 0.2) is 5.78 Å². The molecule has 0 unspecified atom stereocenters. The molecular formula is C11H8OS2. The highest BCUT2D eigenvalue weighted by atomic mass is 32.1. The third kappa shape index (κ3) is 1.72. The van der Waals surface area contributed by atoms with Crippen LogP contribution >= 0.6 is 22.7 Å². The molecule has 0 aliphatic rings. The molecular weight excluding hydrogens is 212 g/mol. The van der Waals surface area contributed by atoms with Gasteiger partial charge in [-0.15, -0.1) is 28.6 Å². The molecule has 14 heavy (non-hydrogen) atoms. The SMILES string of the molecule is CC#CCC(=O)c1cc2sccc2s1. The van der Waals surface area contributed by atoms with Crippen molar-refractivity contribution in [2.45, 2.75) is 13.3 Å². The first-order valence-electron chi connectivity index (χ1n) is 4.21. The molecule has 0 fully saturated rings. The van der Waals surface area contributed by atoms with Crippen LogP contribution < -0.4 is 0 Å². The highest BCUT2D eigenvalue weighted by Gasteiger charge is 2.09. The lowest BCUT2D eigenvalue weighted by Gasteiger charge is -1.87. The smallest absolute Gasteiger partial charge is 0.184 e. The molecule has 0 N–H and O–H groups in total. The Bertz CT molecular complexity index is 493. The molecule has 0 atom stereocenters. The van der Waals surface area contributed by atoms with E-state index in [1.807, 2.05) is 17.5 Å². The third-order valence-electron chi connectivity index (χ3n) is 1.84. The van der Waals surface area contributed by atoms with E-state index in [1.165, 1.54) is 9.40 Å². The van der Waals surface area contributed by atoms with Gasteiger partial charge in [0, 0.05) is 9.40 Å². The van der Waals surface area contributed by atoms with Crippen LogP contribution in [0.15, 0.2) is 17.5 Å². The molecule has 2 rings (SSSR count). The maximum atomic E-state index is 11.6. The lowest BCUT2D eigenvalue weighted by Crippen LogP contribution is -1.92. The van der Waals surface area contributed by atoms with E-state index in [9.17, 15) is 4.79 Å². The molecule has 0 aromatic carbocycles. The number of rotatable bonds is 2. The van der Waals surface area contributed by atoms with Crippen LogP contribution in [0, 0.1) is 11.8 Å². The summed E-state index contributed by atoms with van der Waals surface area (Å²) in [6.45, 7) is 1.75. The summed E-state index contributed by atoms with van der Waals surface area (Å²) in [4.78, 5) is 12.4. The number of Topliss-reactive ketones (excluding diaryl/α,β-unsaturated/α-hetero) is 1. The lowest BCUT2D eigenvalue weighted by molar-refractivity contribution is 0.100. The zero-order valence-electron chi connectivity index (χ0n) is 7.66. The zero-order chi connectivity index (χ0) is 9.97. The van der Waals surface area contributed by atoms with Gasteiger partial charge in [-0.2, -0.15) is 0 Å². The second kappa shape index (κ2) is 3.95. The van der Waals surface area contributed by atoms with E-state index in [0.717, 1.165) is 4.88 Å². The molecule has 2 aromatic rings. The van der Waals surface area contributed by atoms with Crippen LogP contribution in [0.1, 0.15) is 23.0 Å². The number of fused-ring (bicyclic) bond motifs is 1. The van der Waals surface area contributed by atoms with Crippen LogP contribution in [-0.4, -0.2) is 5.78 Å². The molecule has 70 valence electrons. The predicted molar refractivity (Wildman–Crippen MR) is 62.1 cm³/mol. The van der Waals surface area contributed by atoms with Gasteiger partial charge in [0.05, 0.1) is 11.3 Å². The van der Waals surface area contributed by atoms with Crippen molar-refractivity contribution in [1.29, 1.82) is 0 Å². The molecule has 0 bridgehead atoms. The van der Waals surface area contributed by atoms with E-state index in [4.69, 9.17) is 0 Å². The molecule has 2 heterocycles. The summed E-state index contributed by atoms with van der Waals surface area (Å²) in [5, 5.41) is 2.04. The summed E-state index contributed by atoms with van der Waals surface area (Å²) >= 11 is 3.23. The fourth-order valence-corrected chi connectivity index (χ4v) is 3.21. The van der Waals surface area contributed by atoms with Crippen LogP contribution in [0.5, 0.6) is 0 Å². The van der Waals surface area contributed by atoms with Gasteiger partial charge in [-0.3, -0.25) is 4.79 Å². The Balaban J connectivity index is 2.29. The molecule has 1 nitrogen and oxygen atoms in total. The maximum Gasteiger partial charge on any atom is 0.184 e. The van der Waals surface area contributed by atoms with Crippen molar-refractivity contribution in [2.75, 3.05) is 0 Å². The van der Waals surface area contributed by atoms with Crippen molar-refractivity contribution >= 4 is 37.9 Å². The van der Waals surface area contributed by atoms with Crippen LogP contribution in [0.25, 0.3) is 9.40 Å². The summed E-state index contributed by atoms with van der Waals surface area (Å²) < 4.78 is 2.39. The molecule has 0 spiro atoms. The van der Waals surface area contributed by atoms with Crippen molar-refractivity contribution < 1.29 is 4.79 Å². The molecule has 0 radical (unpaired) electrons. The van der Waals surface area contributed by atoms with E-state index in [2.05, 4.69) is 11.8 Å².